The number of para-hydroxylation sites is 1. The topological polar surface area (TPSA) is 51.8 Å². The minimum Gasteiger partial charge on any atom is -0.455 e. The number of furan rings is 1. The van der Waals surface area contributed by atoms with E-state index in [1.165, 1.54) is 22.3 Å². The normalized spacial score (nSPS) is 11.4. The Morgan fingerprint density at radius 1 is 0.237 bits per heavy atom. The second-order valence-corrected chi connectivity index (χ2v) is 14.8. The van der Waals surface area contributed by atoms with Gasteiger partial charge in [0.05, 0.1) is 0 Å². The Morgan fingerprint density at radius 2 is 0.661 bits per heavy atom. The summed E-state index contributed by atoms with van der Waals surface area (Å²) in [4.78, 5) is 15.0. The highest BCUT2D eigenvalue weighted by Gasteiger charge is 2.19. The van der Waals surface area contributed by atoms with Gasteiger partial charge in [-0.15, -0.1) is 0 Å². The number of rotatable bonds is 7. The van der Waals surface area contributed by atoms with Gasteiger partial charge in [0.2, 0.25) is 0 Å². The van der Waals surface area contributed by atoms with Gasteiger partial charge in [-0.05, 0) is 62.5 Å². The van der Waals surface area contributed by atoms with Crippen LogP contribution >= 0.6 is 0 Å². The molecule has 11 aromatic rings. The van der Waals surface area contributed by atoms with Crippen LogP contribution in [0.15, 0.2) is 217 Å². The zero-order valence-electron chi connectivity index (χ0n) is 32.0. The summed E-state index contributed by atoms with van der Waals surface area (Å²) in [6, 6.07) is 74.0. The van der Waals surface area contributed by atoms with Gasteiger partial charge in [0.1, 0.15) is 11.2 Å². The van der Waals surface area contributed by atoms with Crippen LogP contribution < -0.4 is 0 Å². The molecular weight excluding hydrogens is 719 g/mol. The fourth-order valence-electron chi connectivity index (χ4n) is 8.20. The highest BCUT2D eigenvalue weighted by atomic mass is 16.3. The molecule has 0 aliphatic rings. The largest absolute Gasteiger partial charge is 0.455 e. The standard InChI is InChI=1S/C55H35N3O/c1-4-15-36(16-5-1)41-21-12-23-43(33-41)49-35-50-48-28-14-27-45(51(48)59-52(50)47-26-11-10-25-46(47)49)38-29-31-40(32-30-38)54-56-53(39-19-8-3-9-20-39)57-55(58-54)44-24-13-22-42(34-44)37-17-6-2-7-18-37/h1-35H. The predicted octanol–water partition coefficient (Wildman–Crippen LogP) is 14.6. The molecule has 0 amide bonds. The average Bonchev–Trinajstić information content (AvgIpc) is 3.71. The maximum absolute atomic E-state index is 6.89. The van der Waals surface area contributed by atoms with Crippen molar-refractivity contribution in [1.29, 1.82) is 0 Å². The van der Waals surface area contributed by atoms with Gasteiger partial charge in [-0.3, -0.25) is 0 Å². The van der Waals surface area contributed by atoms with E-state index in [-0.39, 0.29) is 0 Å². The minimum atomic E-state index is 0.614. The molecule has 2 heterocycles. The first-order valence-electron chi connectivity index (χ1n) is 19.8. The van der Waals surface area contributed by atoms with E-state index in [0.717, 1.165) is 71.7 Å². The maximum Gasteiger partial charge on any atom is 0.164 e. The second-order valence-electron chi connectivity index (χ2n) is 14.8. The third kappa shape index (κ3) is 6.34. The van der Waals surface area contributed by atoms with E-state index in [4.69, 9.17) is 19.4 Å². The molecule has 0 radical (unpaired) electrons. The molecule has 0 N–H and O–H groups in total. The lowest BCUT2D eigenvalue weighted by molar-refractivity contribution is 0.674. The van der Waals surface area contributed by atoms with Gasteiger partial charge in [0, 0.05) is 38.4 Å². The van der Waals surface area contributed by atoms with Crippen LogP contribution in [0.1, 0.15) is 0 Å². The number of nitrogens with zero attached hydrogens (tertiary/aromatic N) is 3. The summed E-state index contributed by atoms with van der Waals surface area (Å²) in [7, 11) is 0. The number of aromatic nitrogens is 3. The van der Waals surface area contributed by atoms with Crippen molar-refractivity contribution in [2.45, 2.75) is 0 Å². The molecule has 11 rings (SSSR count). The van der Waals surface area contributed by atoms with Gasteiger partial charge < -0.3 is 4.42 Å². The van der Waals surface area contributed by atoms with Crippen molar-refractivity contribution in [3.8, 4) is 78.7 Å². The lowest BCUT2D eigenvalue weighted by Crippen LogP contribution is -2.00. The van der Waals surface area contributed by atoms with Crippen LogP contribution in [0.25, 0.3) is 111 Å². The van der Waals surface area contributed by atoms with Crippen LogP contribution in [0.3, 0.4) is 0 Å². The Labute approximate surface area is 341 Å². The lowest BCUT2D eigenvalue weighted by Gasteiger charge is -2.10. The monoisotopic (exact) mass is 753 g/mol. The third-order valence-electron chi connectivity index (χ3n) is 11.1. The van der Waals surface area contributed by atoms with Gasteiger partial charge in [0.25, 0.3) is 0 Å². The van der Waals surface area contributed by atoms with E-state index in [1.807, 2.05) is 36.4 Å². The highest BCUT2D eigenvalue weighted by Crippen LogP contribution is 2.43. The first-order chi connectivity index (χ1) is 29.2. The highest BCUT2D eigenvalue weighted by molar-refractivity contribution is 6.20. The Morgan fingerprint density at radius 3 is 1.31 bits per heavy atom. The van der Waals surface area contributed by atoms with Crippen molar-refractivity contribution < 1.29 is 4.42 Å². The molecule has 0 spiro atoms. The fourth-order valence-corrected chi connectivity index (χ4v) is 8.20. The fraction of sp³-hybridized carbons (Fsp3) is 0. The Kier molecular flexibility index (Phi) is 8.45. The summed E-state index contributed by atoms with van der Waals surface area (Å²) in [5.74, 6) is 1.87. The van der Waals surface area contributed by atoms with Crippen molar-refractivity contribution in [1.82, 2.24) is 15.0 Å². The van der Waals surface area contributed by atoms with Crippen molar-refractivity contribution in [3.63, 3.8) is 0 Å². The zero-order chi connectivity index (χ0) is 39.1. The van der Waals surface area contributed by atoms with E-state index >= 15 is 0 Å². The van der Waals surface area contributed by atoms with Gasteiger partial charge in [-0.1, -0.05) is 194 Å². The Hall–Kier alpha value is -7.95. The molecule has 4 nitrogen and oxygen atoms in total. The summed E-state index contributed by atoms with van der Waals surface area (Å²) < 4.78 is 6.89. The number of fused-ring (bicyclic) bond motifs is 5. The SMILES string of the molecule is c1ccc(-c2cccc(-c3nc(-c4ccccc4)nc(-c4ccc(-c5cccc6c5oc5c7ccccc7c(-c7cccc(-c8ccccc8)c7)cc65)cc4)n3)c2)cc1. The molecule has 0 fully saturated rings. The van der Waals surface area contributed by atoms with E-state index in [2.05, 4.69) is 176 Å². The molecule has 0 bridgehead atoms. The number of hydrogen-bond acceptors (Lipinski definition) is 4. The number of benzene rings is 9. The molecule has 0 unspecified atom stereocenters. The average molecular weight is 754 g/mol. The molecule has 0 saturated heterocycles. The van der Waals surface area contributed by atoms with E-state index in [0.29, 0.717) is 17.5 Å². The first-order valence-corrected chi connectivity index (χ1v) is 19.8. The molecule has 0 aliphatic carbocycles. The van der Waals surface area contributed by atoms with Gasteiger partial charge in [-0.25, -0.2) is 15.0 Å². The predicted molar refractivity (Wildman–Crippen MR) is 243 cm³/mol. The van der Waals surface area contributed by atoms with Crippen molar-refractivity contribution in [2.75, 3.05) is 0 Å². The molecule has 276 valence electrons. The molecule has 9 aromatic carbocycles. The van der Waals surface area contributed by atoms with Crippen molar-refractivity contribution in [3.05, 3.63) is 212 Å². The van der Waals surface area contributed by atoms with E-state index in [1.54, 1.807) is 0 Å². The maximum atomic E-state index is 6.89. The van der Waals surface area contributed by atoms with E-state index in [9.17, 15) is 0 Å². The van der Waals surface area contributed by atoms with E-state index < -0.39 is 0 Å². The number of hydrogen-bond donors (Lipinski definition) is 0. The van der Waals surface area contributed by atoms with Crippen LogP contribution in [-0.4, -0.2) is 15.0 Å². The Bertz CT molecular complexity index is 3300. The third-order valence-corrected chi connectivity index (χ3v) is 11.1. The summed E-state index contributed by atoms with van der Waals surface area (Å²) in [6.07, 6.45) is 0. The molecular formula is C55H35N3O. The second kappa shape index (κ2) is 14.5. The molecule has 0 atom stereocenters. The van der Waals surface area contributed by atoms with Gasteiger partial charge in [-0.2, -0.15) is 0 Å². The lowest BCUT2D eigenvalue weighted by atomic mass is 9.93. The molecule has 4 heteroatoms. The van der Waals surface area contributed by atoms with Crippen LogP contribution in [0.4, 0.5) is 0 Å². The molecule has 59 heavy (non-hydrogen) atoms. The van der Waals surface area contributed by atoms with Crippen LogP contribution in [-0.2, 0) is 0 Å². The molecule has 0 saturated carbocycles. The Balaban J connectivity index is 1.00. The minimum absolute atomic E-state index is 0.614. The summed E-state index contributed by atoms with van der Waals surface area (Å²) in [5.41, 5.74) is 13.6. The van der Waals surface area contributed by atoms with Crippen LogP contribution in [0.5, 0.6) is 0 Å². The van der Waals surface area contributed by atoms with Crippen molar-refractivity contribution >= 4 is 32.7 Å². The van der Waals surface area contributed by atoms with Gasteiger partial charge in [0.15, 0.2) is 17.5 Å². The van der Waals surface area contributed by atoms with Crippen molar-refractivity contribution in [2.24, 2.45) is 0 Å². The van der Waals surface area contributed by atoms with Crippen LogP contribution in [0, 0.1) is 0 Å². The first kappa shape index (κ1) is 34.3. The molecule has 0 aliphatic heterocycles. The summed E-state index contributed by atoms with van der Waals surface area (Å²) in [5, 5.41) is 4.44. The molecule has 2 aromatic heterocycles. The zero-order valence-corrected chi connectivity index (χ0v) is 32.0. The quantitative estimate of drug-likeness (QED) is 0.163. The van der Waals surface area contributed by atoms with Gasteiger partial charge >= 0.3 is 0 Å². The van der Waals surface area contributed by atoms with Crippen LogP contribution in [0.2, 0.25) is 0 Å². The smallest absolute Gasteiger partial charge is 0.164 e. The summed E-state index contributed by atoms with van der Waals surface area (Å²) in [6.45, 7) is 0. The summed E-state index contributed by atoms with van der Waals surface area (Å²) >= 11 is 0.